The smallest absolute Gasteiger partial charge is 0.337 e. The molecule has 0 heterocycles. The van der Waals surface area contributed by atoms with E-state index in [-0.39, 0.29) is 5.75 Å². The highest BCUT2D eigenvalue weighted by Crippen LogP contribution is 2.57. The Balaban J connectivity index is 0.000000370. The largest absolute Gasteiger partial charge is 0.508 e. The van der Waals surface area contributed by atoms with Gasteiger partial charge in [-0.3, -0.25) is 0 Å². The second-order valence-electron chi connectivity index (χ2n) is 4.65. The summed E-state index contributed by atoms with van der Waals surface area (Å²) in [6.45, 7) is 9.41. The van der Waals surface area contributed by atoms with Crippen molar-refractivity contribution in [3.8, 4) is 5.75 Å². The van der Waals surface area contributed by atoms with Crippen LogP contribution in [0.1, 0.15) is 38.1 Å². The average Bonchev–Trinajstić information content (AvgIpc) is 2.51. The molecule has 0 unspecified atom stereocenters. The second kappa shape index (κ2) is 9.77. The molecule has 0 atom stereocenters. The van der Waals surface area contributed by atoms with Crippen molar-refractivity contribution in [3.05, 3.63) is 29.8 Å². The van der Waals surface area contributed by atoms with E-state index in [1.807, 2.05) is 0 Å². The van der Waals surface area contributed by atoms with Gasteiger partial charge in [0.1, 0.15) is 5.75 Å². The monoisotopic (exact) mass is 299 g/mol. The van der Waals surface area contributed by atoms with E-state index in [0.717, 1.165) is 0 Å². The van der Waals surface area contributed by atoms with E-state index in [1.54, 1.807) is 0 Å². The molecule has 0 bridgehead atoms. The quantitative estimate of drug-likeness (QED) is 0.652. The van der Waals surface area contributed by atoms with Crippen LogP contribution in [0.2, 0.25) is 0 Å². The molecule has 0 aliphatic rings. The van der Waals surface area contributed by atoms with E-state index in [0.29, 0.717) is 5.56 Å². The molecule has 0 fully saturated rings. The van der Waals surface area contributed by atoms with E-state index in [2.05, 4.69) is 32.4 Å². The predicted octanol–water partition coefficient (Wildman–Crippen LogP) is 4.26. The highest BCUT2D eigenvalue weighted by molar-refractivity contribution is 7.75. The SMILES string of the molecule is CC[P+](CC)(CC)CC.COC(=O)c1ccc(O)cc1. The van der Waals surface area contributed by atoms with Crippen molar-refractivity contribution in [2.24, 2.45) is 0 Å². The molecule has 0 saturated carbocycles. The Morgan fingerprint density at radius 2 is 1.40 bits per heavy atom. The van der Waals surface area contributed by atoms with Crippen LogP contribution in [0.25, 0.3) is 0 Å². The van der Waals surface area contributed by atoms with Crippen LogP contribution in [0, 0.1) is 0 Å². The van der Waals surface area contributed by atoms with Gasteiger partial charge in [-0.15, -0.1) is 0 Å². The van der Waals surface area contributed by atoms with Crippen molar-refractivity contribution in [2.75, 3.05) is 31.8 Å². The predicted molar refractivity (Wildman–Crippen MR) is 88.5 cm³/mol. The first-order valence-corrected chi connectivity index (χ1v) is 9.73. The molecule has 1 rings (SSSR count). The normalized spacial score (nSPS) is 10.4. The first kappa shape index (κ1) is 18.9. The summed E-state index contributed by atoms with van der Waals surface area (Å²) in [4.78, 5) is 10.8. The van der Waals surface area contributed by atoms with Gasteiger partial charge in [-0.05, 0) is 52.0 Å². The van der Waals surface area contributed by atoms with Gasteiger partial charge in [0.05, 0.1) is 37.3 Å². The van der Waals surface area contributed by atoms with E-state index < -0.39 is 13.2 Å². The molecule has 20 heavy (non-hydrogen) atoms. The third-order valence-corrected chi connectivity index (χ3v) is 9.34. The van der Waals surface area contributed by atoms with Crippen LogP contribution in [-0.2, 0) is 4.74 Å². The maximum Gasteiger partial charge on any atom is 0.337 e. The third kappa shape index (κ3) is 5.92. The van der Waals surface area contributed by atoms with Gasteiger partial charge in [-0.1, -0.05) is 0 Å². The molecule has 0 spiro atoms. The zero-order valence-corrected chi connectivity index (χ0v) is 14.2. The average molecular weight is 299 g/mol. The van der Waals surface area contributed by atoms with Crippen molar-refractivity contribution >= 4 is 13.2 Å². The molecule has 3 nitrogen and oxygen atoms in total. The lowest BCUT2D eigenvalue weighted by molar-refractivity contribution is 0.0600. The molecular formula is C16H28O3P+. The minimum absolute atomic E-state index is 0.137. The van der Waals surface area contributed by atoms with Crippen LogP contribution in [0.15, 0.2) is 24.3 Å². The van der Waals surface area contributed by atoms with Gasteiger partial charge in [0.15, 0.2) is 0 Å². The van der Waals surface area contributed by atoms with Crippen molar-refractivity contribution in [1.29, 1.82) is 0 Å². The van der Waals surface area contributed by atoms with Gasteiger partial charge in [0.25, 0.3) is 0 Å². The summed E-state index contributed by atoms with van der Waals surface area (Å²) in [5.41, 5.74) is 0.435. The van der Waals surface area contributed by atoms with Gasteiger partial charge in [0.2, 0.25) is 0 Å². The van der Waals surface area contributed by atoms with E-state index >= 15 is 0 Å². The number of benzene rings is 1. The summed E-state index contributed by atoms with van der Waals surface area (Å²) < 4.78 is 4.46. The number of ether oxygens (including phenoxy) is 1. The van der Waals surface area contributed by atoms with Gasteiger partial charge in [-0.25, -0.2) is 4.79 Å². The Labute approximate surface area is 123 Å². The lowest BCUT2D eigenvalue weighted by Crippen LogP contribution is -2.04. The maximum atomic E-state index is 10.8. The summed E-state index contributed by atoms with van der Waals surface area (Å²) in [7, 11) is 0.895. The standard InChI is InChI=1S/C8H8O3.C8H20P/c1-11-8(10)6-2-4-7(9)5-3-6;1-5-9(6-2,7-3)8-4/h2-5,9H,1H3;5-8H2,1-4H3/q;+1. The Morgan fingerprint density at radius 1 is 1.00 bits per heavy atom. The molecular weight excluding hydrogens is 271 g/mol. The Bertz CT molecular complexity index is 366. The molecule has 1 N–H and O–H groups in total. The molecule has 1 aromatic carbocycles. The van der Waals surface area contributed by atoms with Crippen molar-refractivity contribution in [3.63, 3.8) is 0 Å². The fourth-order valence-electron chi connectivity index (χ4n) is 2.06. The third-order valence-electron chi connectivity index (χ3n) is 3.97. The first-order chi connectivity index (χ1) is 9.48. The molecule has 114 valence electrons. The number of methoxy groups -OCH3 is 1. The number of hydrogen-bond donors (Lipinski definition) is 1. The molecule has 0 aliphatic heterocycles. The van der Waals surface area contributed by atoms with Crippen LogP contribution in [0.3, 0.4) is 0 Å². The fraction of sp³-hybridized carbons (Fsp3) is 0.562. The lowest BCUT2D eigenvalue weighted by atomic mass is 10.2. The number of rotatable bonds is 5. The van der Waals surface area contributed by atoms with Crippen LogP contribution < -0.4 is 0 Å². The highest BCUT2D eigenvalue weighted by atomic mass is 31.2. The van der Waals surface area contributed by atoms with Crippen LogP contribution >= 0.6 is 7.26 Å². The lowest BCUT2D eigenvalue weighted by Gasteiger charge is -2.20. The summed E-state index contributed by atoms with van der Waals surface area (Å²) in [5, 5.41) is 8.86. The van der Waals surface area contributed by atoms with E-state index in [4.69, 9.17) is 5.11 Å². The molecule has 0 radical (unpaired) electrons. The molecule has 0 aliphatic carbocycles. The minimum atomic E-state index is -0.420. The number of esters is 1. The van der Waals surface area contributed by atoms with Crippen LogP contribution in [-0.4, -0.2) is 42.8 Å². The summed E-state index contributed by atoms with van der Waals surface area (Å²) in [6.07, 6.45) is 5.82. The van der Waals surface area contributed by atoms with E-state index in [1.165, 1.54) is 56.0 Å². The first-order valence-electron chi connectivity index (χ1n) is 7.20. The number of carbonyl (C=O) groups is 1. The van der Waals surface area contributed by atoms with Gasteiger partial charge in [0, 0.05) is 7.26 Å². The van der Waals surface area contributed by atoms with Crippen molar-refractivity contribution in [2.45, 2.75) is 27.7 Å². The molecule has 0 saturated heterocycles. The summed E-state index contributed by atoms with van der Waals surface area (Å²) in [5.74, 6) is -0.261. The number of hydrogen-bond acceptors (Lipinski definition) is 3. The number of aromatic hydroxyl groups is 1. The maximum absolute atomic E-state index is 10.8. The molecule has 1 aromatic rings. The van der Waals surface area contributed by atoms with E-state index in [9.17, 15) is 4.79 Å². The van der Waals surface area contributed by atoms with Gasteiger partial charge < -0.3 is 9.84 Å². The highest BCUT2D eigenvalue weighted by Gasteiger charge is 2.27. The summed E-state index contributed by atoms with van der Waals surface area (Å²) in [6, 6.07) is 5.88. The number of phenolic OH excluding ortho intramolecular Hbond substituents is 1. The Hall–Kier alpha value is -1.08. The van der Waals surface area contributed by atoms with Crippen LogP contribution in [0.4, 0.5) is 0 Å². The van der Waals surface area contributed by atoms with Gasteiger partial charge in [-0.2, -0.15) is 0 Å². The topological polar surface area (TPSA) is 46.5 Å². The van der Waals surface area contributed by atoms with Crippen molar-refractivity contribution < 1.29 is 14.6 Å². The zero-order chi connectivity index (χ0) is 15.6. The second-order valence-corrected chi connectivity index (χ2v) is 9.86. The fourth-order valence-corrected chi connectivity index (χ4v) is 4.74. The Kier molecular flexibility index (Phi) is 9.24. The minimum Gasteiger partial charge on any atom is -0.508 e. The van der Waals surface area contributed by atoms with Crippen molar-refractivity contribution in [1.82, 2.24) is 0 Å². The number of phenols is 1. The van der Waals surface area contributed by atoms with Gasteiger partial charge >= 0.3 is 5.97 Å². The summed E-state index contributed by atoms with van der Waals surface area (Å²) >= 11 is 0. The molecule has 0 amide bonds. The number of carbonyl (C=O) groups excluding carboxylic acids is 1. The zero-order valence-electron chi connectivity index (χ0n) is 13.3. The molecule has 0 aromatic heterocycles. The molecule has 4 heteroatoms. The van der Waals surface area contributed by atoms with Crippen LogP contribution in [0.5, 0.6) is 5.75 Å². The Morgan fingerprint density at radius 3 is 1.65 bits per heavy atom.